The normalized spacial score (nSPS) is 13.5. The Labute approximate surface area is 122 Å². The van der Waals surface area contributed by atoms with Crippen molar-refractivity contribution in [2.24, 2.45) is 0 Å². The van der Waals surface area contributed by atoms with E-state index < -0.39 is 12.3 Å². The zero-order valence-corrected chi connectivity index (χ0v) is 11.0. The van der Waals surface area contributed by atoms with Crippen LogP contribution in [-0.2, 0) is 0 Å². The number of aromatic nitrogens is 2. The zero-order chi connectivity index (χ0) is 15.9. The van der Waals surface area contributed by atoms with Crippen LogP contribution >= 0.6 is 0 Å². The van der Waals surface area contributed by atoms with Crippen LogP contribution in [0.1, 0.15) is 11.7 Å². The monoisotopic (exact) mass is 309 g/mol. The van der Waals surface area contributed by atoms with Gasteiger partial charge < -0.3 is 10.8 Å². The van der Waals surface area contributed by atoms with E-state index in [0.29, 0.717) is 27.8 Å². The lowest BCUT2D eigenvalue weighted by Gasteiger charge is -2.15. The minimum absolute atomic E-state index is 0.248. The van der Waals surface area contributed by atoms with Crippen molar-refractivity contribution in [2.75, 3.05) is 5.73 Å². The number of hydrogen-bond acceptors (Lipinski definition) is 5. The second kappa shape index (κ2) is 4.99. The van der Waals surface area contributed by atoms with Gasteiger partial charge in [-0.25, -0.2) is 4.63 Å². The summed E-state index contributed by atoms with van der Waals surface area (Å²) >= 11 is 0. The van der Waals surface area contributed by atoms with Crippen LogP contribution in [0.2, 0.25) is 0 Å². The lowest BCUT2D eigenvalue weighted by atomic mass is 9.99. The number of hydrogen-bond donors (Lipinski definition) is 2. The van der Waals surface area contributed by atoms with Crippen LogP contribution in [0.15, 0.2) is 41.0 Å². The number of fused-ring (bicyclic) bond motifs is 1. The molecular weight excluding hydrogens is 299 g/mol. The third-order valence-electron chi connectivity index (χ3n) is 3.24. The Morgan fingerprint density at radius 3 is 2.59 bits per heavy atom. The molecule has 1 heterocycles. The van der Waals surface area contributed by atoms with E-state index in [2.05, 4.69) is 14.9 Å². The molecule has 1 aromatic heterocycles. The topological polar surface area (TPSA) is 85.2 Å². The number of aliphatic hydroxyl groups excluding tert-OH is 1. The van der Waals surface area contributed by atoms with E-state index in [-0.39, 0.29) is 5.56 Å². The Morgan fingerprint density at radius 2 is 1.86 bits per heavy atom. The average Bonchev–Trinajstić information content (AvgIpc) is 2.94. The summed E-state index contributed by atoms with van der Waals surface area (Å²) in [6.07, 6.45) is -7.26. The number of anilines is 1. The van der Waals surface area contributed by atoms with Gasteiger partial charge >= 0.3 is 6.18 Å². The van der Waals surface area contributed by atoms with Crippen molar-refractivity contribution in [1.82, 2.24) is 10.3 Å². The molecule has 5 nitrogen and oxygen atoms in total. The molecule has 0 aliphatic rings. The van der Waals surface area contributed by atoms with Gasteiger partial charge in [-0.2, -0.15) is 13.2 Å². The third-order valence-corrected chi connectivity index (χ3v) is 3.24. The molecule has 3 N–H and O–H groups in total. The highest BCUT2D eigenvalue weighted by atomic mass is 19.4. The first-order valence-electron chi connectivity index (χ1n) is 6.23. The summed E-state index contributed by atoms with van der Waals surface area (Å²) in [5.74, 6) is 0. The van der Waals surface area contributed by atoms with E-state index in [1.165, 1.54) is 18.2 Å². The summed E-state index contributed by atoms with van der Waals surface area (Å²) in [4.78, 5) is 0. The molecule has 1 atom stereocenters. The highest BCUT2D eigenvalue weighted by Crippen LogP contribution is 2.35. The fourth-order valence-electron chi connectivity index (χ4n) is 2.16. The second-order valence-corrected chi connectivity index (χ2v) is 4.77. The van der Waals surface area contributed by atoms with Crippen molar-refractivity contribution in [3.8, 4) is 11.1 Å². The summed E-state index contributed by atoms with van der Waals surface area (Å²) in [5.41, 5.74) is 7.67. The van der Waals surface area contributed by atoms with Gasteiger partial charge in [-0.1, -0.05) is 18.2 Å². The predicted octanol–water partition coefficient (Wildman–Crippen LogP) is 3.07. The lowest BCUT2D eigenvalue weighted by Crippen LogP contribution is -2.20. The zero-order valence-electron chi connectivity index (χ0n) is 11.0. The minimum Gasteiger partial charge on any atom is -0.397 e. The highest BCUT2D eigenvalue weighted by Gasteiger charge is 2.39. The molecule has 3 rings (SSSR count). The molecule has 0 aliphatic heterocycles. The molecule has 0 amide bonds. The Hall–Kier alpha value is -2.61. The first-order chi connectivity index (χ1) is 10.4. The molecule has 0 saturated heterocycles. The van der Waals surface area contributed by atoms with Crippen LogP contribution in [0.5, 0.6) is 0 Å². The largest absolute Gasteiger partial charge is 0.418 e. The van der Waals surface area contributed by atoms with Crippen molar-refractivity contribution < 1.29 is 22.9 Å². The first kappa shape index (κ1) is 14.3. The third kappa shape index (κ3) is 2.48. The number of rotatable bonds is 2. The van der Waals surface area contributed by atoms with E-state index in [4.69, 9.17) is 5.73 Å². The SMILES string of the molecule is Nc1cc(-c2cccc(C(O)C(F)(F)F)c2)cc2nonc12. The van der Waals surface area contributed by atoms with Gasteiger partial charge in [0.15, 0.2) is 11.6 Å². The standard InChI is InChI=1S/C14H10F3N3O2/c15-14(16,17)13(21)8-3-1-2-7(4-8)9-5-10(18)12-11(6-9)19-22-20-12/h1-6,13,21H,18H2. The molecule has 0 radical (unpaired) electrons. The molecule has 0 bridgehead atoms. The van der Waals surface area contributed by atoms with E-state index >= 15 is 0 Å². The van der Waals surface area contributed by atoms with Gasteiger partial charge in [0, 0.05) is 0 Å². The van der Waals surface area contributed by atoms with Crippen LogP contribution in [0, 0.1) is 0 Å². The summed E-state index contributed by atoms with van der Waals surface area (Å²) in [6.45, 7) is 0. The number of aliphatic hydroxyl groups is 1. The van der Waals surface area contributed by atoms with Gasteiger partial charge in [0.1, 0.15) is 5.52 Å². The summed E-state index contributed by atoms with van der Waals surface area (Å²) in [7, 11) is 0. The van der Waals surface area contributed by atoms with Crippen LogP contribution in [0.3, 0.4) is 0 Å². The molecule has 8 heteroatoms. The summed E-state index contributed by atoms with van der Waals surface area (Å²) in [6, 6.07) is 8.67. The summed E-state index contributed by atoms with van der Waals surface area (Å²) < 4.78 is 42.4. The molecule has 114 valence electrons. The van der Waals surface area contributed by atoms with Crippen molar-refractivity contribution in [2.45, 2.75) is 12.3 Å². The number of benzene rings is 2. The molecule has 0 aliphatic carbocycles. The molecule has 2 aromatic carbocycles. The van der Waals surface area contributed by atoms with Gasteiger partial charge in [0.05, 0.1) is 5.69 Å². The quantitative estimate of drug-likeness (QED) is 0.711. The maximum absolute atomic E-state index is 12.6. The van der Waals surface area contributed by atoms with E-state index in [1.807, 2.05) is 0 Å². The molecule has 22 heavy (non-hydrogen) atoms. The maximum atomic E-state index is 12.6. The Kier molecular flexibility index (Phi) is 3.25. The second-order valence-electron chi connectivity index (χ2n) is 4.77. The number of alkyl halides is 3. The fourth-order valence-corrected chi connectivity index (χ4v) is 2.16. The van der Waals surface area contributed by atoms with Crippen molar-refractivity contribution in [3.63, 3.8) is 0 Å². The average molecular weight is 309 g/mol. The van der Waals surface area contributed by atoms with Crippen LogP contribution in [0.4, 0.5) is 18.9 Å². The number of nitrogens with two attached hydrogens (primary N) is 1. The Bertz CT molecular complexity index is 830. The fraction of sp³-hybridized carbons (Fsp3) is 0.143. The van der Waals surface area contributed by atoms with Crippen LogP contribution in [0.25, 0.3) is 22.2 Å². The van der Waals surface area contributed by atoms with Crippen LogP contribution < -0.4 is 5.73 Å². The Morgan fingerprint density at radius 1 is 1.09 bits per heavy atom. The van der Waals surface area contributed by atoms with Gasteiger partial charge in [-0.15, -0.1) is 0 Å². The highest BCUT2D eigenvalue weighted by molar-refractivity contribution is 5.91. The predicted molar refractivity (Wildman–Crippen MR) is 72.7 cm³/mol. The molecule has 1 unspecified atom stereocenters. The van der Waals surface area contributed by atoms with Crippen molar-refractivity contribution in [1.29, 1.82) is 0 Å². The van der Waals surface area contributed by atoms with Crippen LogP contribution in [-0.4, -0.2) is 21.6 Å². The maximum Gasteiger partial charge on any atom is 0.418 e. The first-order valence-corrected chi connectivity index (χ1v) is 6.23. The van der Waals surface area contributed by atoms with E-state index in [9.17, 15) is 18.3 Å². The molecule has 0 saturated carbocycles. The van der Waals surface area contributed by atoms with Crippen molar-refractivity contribution >= 4 is 16.7 Å². The number of nitrogens with zero attached hydrogens (tertiary/aromatic N) is 2. The smallest absolute Gasteiger partial charge is 0.397 e. The van der Waals surface area contributed by atoms with Crippen molar-refractivity contribution in [3.05, 3.63) is 42.0 Å². The van der Waals surface area contributed by atoms with E-state index in [0.717, 1.165) is 0 Å². The molecule has 3 aromatic rings. The Balaban J connectivity index is 2.07. The van der Waals surface area contributed by atoms with Gasteiger partial charge in [-0.05, 0) is 45.2 Å². The number of halogens is 3. The molecule has 0 fully saturated rings. The van der Waals surface area contributed by atoms with E-state index in [1.54, 1.807) is 18.2 Å². The molecule has 0 spiro atoms. The van der Waals surface area contributed by atoms with Gasteiger partial charge in [-0.3, -0.25) is 0 Å². The van der Waals surface area contributed by atoms with Gasteiger partial charge in [0.25, 0.3) is 0 Å². The van der Waals surface area contributed by atoms with Gasteiger partial charge in [0.2, 0.25) is 0 Å². The minimum atomic E-state index is -4.72. The molecular formula is C14H10F3N3O2. The summed E-state index contributed by atoms with van der Waals surface area (Å²) in [5, 5.41) is 16.6. The number of nitrogen functional groups attached to an aromatic ring is 1. The lowest BCUT2D eigenvalue weighted by molar-refractivity contribution is -0.206.